The van der Waals surface area contributed by atoms with Crippen LogP contribution in [0, 0.1) is 0 Å². The molecule has 0 spiro atoms. The van der Waals surface area contributed by atoms with Crippen molar-refractivity contribution in [3.8, 4) is 51.0 Å². The van der Waals surface area contributed by atoms with Crippen LogP contribution in [0.25, 0.3) is 105 Å². The molecule has 3 aromatic heterocycles. The first kappa shape index (κ1) is 36.5. The first-order chi connectivity index (χ1) is 30.2. The Balaban J connectivity index is 1.01. The standard InChI is InChI=1S/C57H44N4O/c1-56(2)30-31-57(3,4)47-34-50-44(33-46(47)56)41-18-10-12-20-48(41)61(50)49-28-27-43(39-16-8-9-17-40(39)49)55-59-53(36-14-6-5-7-15-36)58-54(60-55)37-24-22-35(23-25-37)38-26-29-52-45(32-38)42-19-11-13-21-51(42)62-52/h5-29,32-34H,30-31H2,1-4H3. The Morgan fingerprint density at radius 3 is 1.73 bits per heavy atom. The molecule has 62 heavy (non-hydrogen) atoms. The first-order valence-electron chi connectivity index (χ1n) is 21.6. The van der Waals surface area contributed by atoms with Gasteiger partial charge in [0.2, 0.25) is 0 Å². The third kappa shape index (κ3) is 5.72. The fourth-order valence-electron chi connectivity index (χ4n) is 10.0. The van der Waals surface area contributed by atoms with Crippen molar-refractivity contribution in [1.82, 2.24) is 19.5 Å². The highest BCUT2D eigenvalue weighted by Gasteiger charge is 2.38. The molecule has 0 saturated carbocycles. The lowest BCUT2D eigenvalue weighted by atomic mass is 9.63. The minimum Gasteiger partial charge on any atom is -0.456 e. The van der Waals surface area contributed by atoms with Crippen molar-refractivity contribution in [2.75, 3.05) is 0 Å². The zero-order valence-corrected chi connectivity index (χ0v) is 35.3. The molecule has 8 aromatic carbocycles. The normalized spacial score (nSPS) is 14.6. The van der Waals surface area contributed by atoms with Gasteiger partial charge in [-0.3, -0.25) is 0 Å². The van der Waals surface area contributed by atoms with Crippen molar-refractivity contribution in [3.63, 3.8) is 0 Å². The van der Waals surface area contributed by atoms with E-state index in [1.807, 2.05) is 30.3 Å². The fraction of sp³-hybridized carbons (Fsp3) is 0.140. The summed E-state index contributed by atoms with van der Waals surface area (Å²) >= 11 is 0. The van der Waals surface area contributed by atoms with E-state index in [4.69, 9.17) is 19.4 Å². The van der Waals surface area contributed by atoms with E-state index in [0.717, 1.165) is 66.2 Å². The summed E-state index contributed by atoms with van der Waals surface area (Å²) in [4.78, 5) is 15.5. The Labute approximate surface area is 360 Å². The van der Waals surface area contributed by atoms with Crippen molar-refractivity contribution < 1.29 is 4.42 Å². The van der Waals surface area contributed by atoms with Gasteiger partial charge in [0.1, 0.15) is 11.2 Å². The number of rotatable bonds is 5. The van der Waals surface area contributed by atoms with Gasteiger partial charge in [-0.2, -0.15) is 0 Å². The molecule has 0 N–H and O–H groups in total. The van der Waals surface area contributed by atoms with E-state index in [-0.39, 0.29) is 10.8 Å². The van der Waals surface area contributed by atoms with Gasteiger partial charge >= 0.3 is 0 Å². The third-order valence-electron chi connectivity index (χ3n) is 13.5. The number of nitrogens with zero attached hydrogens (tertiary/aromatic N) is 4. The molecule has 11 aromatic rings. The molecule has 3 heterocycles. The molecule has 0 atom stereocenters. The van der Waals surface area contributed by atoms with Gasteiger partial charge in [0, 0.05) is 43.6 Å². The summed E-state index contributed by atoms with van der Waals surface area (Å²) in [6, 6.07) is 60.4. The van der Waals surface area contributed by atoms with Gasteiger partial charge in [-0.1, -0.05) is 149 Å². The van der Waals surface area contributed by atoms with E-state index in [9.17, 15) is 0 Å². The van der Waals surface area contributed by atoms with Crippen LogP contribution in [-0.4, -0.2) is 19.5 Å². The molecular formula is C57H44N4O. The summed E-state index contributed by atoms with van der Waals surface area (Å²) in [5, 5.41) is 7.03. The smallest absolute Gasteiger partial charge is 0.164 e. The highest BCUT2D eigenvalue weighted by molar-refractivity contribution is 6.12. The maximum absolute atomic E-state index is 6.11. The molecule has 0 amide bonds. The average molecular weight is 801 g/mol. The second-order valence-corrected chi connectivity index (χ2v) is 18.3. The van der Waals surface area contributed by atoms with Gasteiger partial charge in [-0.05, 0) is 99.8 Å². The van der Waals surface area contributed by atoms with Crippen molar-refractivity contribution >= 4 is 54.5 Å². The Kier molecular flexibility index (Phi) is 7.98. The van der Waals surface area contributed by atoms with E-state index in [1.165, 1.54) is 45.8 Å². The number of hydrogen-bond donors (Lipinski definition) is 0. The summed E-state index contributed by atoms with van der Waals surface area (Å²) in [5.41, 5.74) is 13.6. The van der Waals surface area contributed by atoms with Crippen molar-refractivity contribution in [3.05, 3.63) is 181 Å². The number of fused-ring (bicyclic) bond motifs is 8. The molecule has 0 saturated heterocycles. The van der Waals surface area contributed by atoms with E-state index in [0.29, 0.717) is 17.5 Å². The number of para-hydroxylation sites is 2. The molecule has 5 heteroatoms. The van der Waals surface area contributed by atoms with Crippen molar-refractivity contribution in [2.24, 2.45) is 0 Å². The molecule has 12 rings (SSSR count). The largest absolute Gasteiger partial charge is 0.456 e. The number of benzene rings is 8. The maximum atomic E-state index is 6.11. The summed E-state index contributed by atoms with van der Waals surface area (Å²) < 4.78 is 8.59. The van der Waals surface area contributed by atoms with Crippen LogP contribution in [0.4, 0.5) is 0 Å². The zero-order valence-electron chi connectivity index (χ0n) is 35.3. The van der Waals surface area contributed by atoms with E-state index in [2.05, 4.69) is 172 Å². The Hall–Kier alpha value is -7.37. The van der Waals surface area contributed by atoms with Crippen LogP contribution < -0.4 is 0 Å². The Bertz CT molecular complexity index is 3570. The number of aromatic nitrogens is 4. The van der Waals surface area contributed by atoms with Gasteiger partial charge in [-0.25, -0.2) is 15.0 Å². The molecule has 1 aliphatic carbocycles. The lowest BCUT2D eigenvalue weighted by Crippen LogP contribution is -2.33. The van der Waals surface area contributed by atoms with Crippen LogP contribution >= 0.6 is 0 Å². The van der Waals surface area contributed by atoms with E-state index >= 15 is 0 Å². The first-order valence-corrected chi connectivity index (χ1v) is 21.6. The molecule has 0 fully saturated rings. The lowest BCUT2D eigenvalue weighted by molar-refractivity contribution is 0.332. The molecule has 0 bridgehead atoms. The van der Waals surface area contributed by atoms with Crippen molar-refractivity contribution in [1.29, 1.82) is 0 Å². The van der Waals surface area contributed by atoms with Crippen LogP contribution in [0.3, 0.4) is 0 Å². The second kappa shape index (κ2) is 13.6. The van der Waals surface area contributed by atoms with Crippen LogP contribution in [0.2, 0.25) is 0 Å². The molecular weight excluding hydrogens is 757 g/mol. The minimum absolute atomic E-state index is 0.0866. The van der Waals surface area contributed by atoms with Gasteiger partial charge in [-0.15, -0.1) is 0 Å². The highest BCUT2D eigenvalue weighted by atomic mass is 16.3. The Morgan fingerprint density at radius 2 is 0.968 bits per heavy atom. The van der Waals surface area contributed by atoms with Crippen molar-refractivity contribution in [2.45, 2.75) is 51.4 Å². The molecule has 5 nitrogen and oxygen atoms in total. The highest BCUT2D eigenvalue weighted by Crippen LogP contribution is 2.49. The van der Waals surface area contributed by atoms with Crippen LogP contribution in [0.1, 0.15) is 51.7 Å². The Morgan fingerprint density at radius 1 is 0.403 bits per heavy atom. The molecule has 1 aliphatic rings. The monoisotopic (exact) mass is 800 g/mol. The summed E-state index contributed by atoms with van der Waals surface area (Å²) in [7, 11) is 0. The predicted octanol–water partition coefficient (Wildman–Crippen LogP) is 15.0. The van der Waals surface area contributed by atoms with Crippen LogP contribution in [-0.2, 0) is 10.8 Å². The van der Waals surface area contributed by atoms with E-state index < -0.39 is 0 Å². The van der Waals surface area contributed by atoms with Crippen LogP contribution in [0.5, 0.6) is 0 Å². The SMILES string of the molecule is CC1(C)CCC(C)(C)c2cc3c(cc21)c1ccccc1n3-c1ccc(-c2nc(-c3ccccc3)nc(-c3ccc(-c4ccc5oc6ccccc6c5c4)cc3)n2)c2ccccc12. The fourth-order valence-corrected chi connectivity index (χ4v) is 10.0. The van der Waals surface area contributed by atoms with Crippen LogP contribution in [0.15, 0.2) is 174 Å². The second-order valence-electron chi connectivity index (χ2n) is 18.3. The molecule has 0 radical (unpaired) electrons. The van der Waals surface area contributed by atoms with Gasteiger partial charge in [0.15, 0.2) is 17.5 Å². The molecule has 0 aliphatic heterocycles. The minimum atomic E-state index is 0.0866. The summed E-state index contributed by atoms with van der Waals surface area (Å²) in [6.45, 7) is 9.64. The maximum Gasteiger partial charge on any atom is 0.164 e. The average Bonchev–Trinajstić information content (AvgIpc) is 3.85. The quantitative estimate of drug-likeness (QED) is 0.174. The number of hydrogen-bond acceptors (Lipinski definition) is 4. The topological polar surface area (TPSA) is 56.7 Å². The third-order valence-corrected chi connectivity index (χ3v) is 13.5. The van der Waals surface area contributed by atoms with Gasteiger partial charge in [0.05, 0.1) is 16.7 Å². The van der Waals surface area contributed by atoms with E-state index in [1.54, 1.807) is 0 Å². The summed E-state index contributed by atoms with van der Waals surface area (Å²) in [5.74, 6) is 1.90. The van der Waals surface area contributed by atoms with Gasteiger partial charge in [0.25, 0.3) is 0 Å². The molecule has 298 valence electrons. The number of furan rings is 1. The molecule has 0 unspecified atom stereocenters. The zero-order chi connectivity index (χ0) is 41.7. The van der Waals surface area contributed by atoms with Gasteiger partial charge < -0.3 is 8.98 Å². The predicted molar refractivity (Wildman–Crippen MR) is 256 cm³/mol. The summed E-state index contributed by atoms with van der Waals surface area (Å²) in [6.07, 6.45) is 2.35. The lowest BCUT2D eigenvalue weighted by Gasteiger charge is -2.42.